The van der Waals surface area contributed by atoms with E-state index in [9.17, 15) is 0 Å². The lowest BCUT2D eigenvalue weighted by Gasteiger charge is -2.06. The first-order chi connectivity index (χ1) is 9.72. The molecule has 104 valence electrons. The van der Waals surface area contributed by atoms with Gasteiger partial charge in [-0.1, -0.05) is 18.2 Å². The van der Waals surface area contributed by atoms with Crippen LogP contribution in [0.5, 0.6) is 0 Å². The molecule has 0 aliphatic heterocycles. The summed E-state index contributed by atoms with van der Waals surface area (Å²) in [6.45, 7) is 3.05. The number of H-pyrrole nitrogens is 1. The summed E-state index contributed by atoms with van der Waals surface area (Å²) < 4.78 is 2.21. The average molecular weight is 268 g/mol. The van der Waals surface area contributed by atoms with Gasteiger partial charge in [-0.25, -0.2) is 4.98 Å². The highest BCUT2D eigenvalue weighted by Crippen LogP contribution is 2.28. The Hall–Kier alpha value is -2.07. The fourth-order valence-corrected chi connectivity index (χ4v) is 2.76. The van der Waals surface area contributed by atoms with E-state index >= 15 is 0 Å². The van der Waals surface area contributed by atoms with Crippen molar-refractivity contribution in [3.05, 3.63) is 41.9 Å². The van der Waals surface area contributed by atoms with Crippen LogP contribution in [0.3, 0.4) is 0 Å². The standard InChI is InChI=1S/C16H20N4/c1-11-15(8-9-17-2)20(3)16(19-11)13-10-18-14-7-5-4-6-12(13)14/h4-7,10,17-18H,8-9H2,1-3H3. The summed E-state index contributed by atoms with van der Waals surface area (Å²) in [5.41, 5.74) is 4.73. The second-order valence-corrected chi connectivity index (χ2v) is 5.13. The van der Waals surface area contributed by atoms with Gasteiger partial charge in [-0.15, -0.1) is 0 Å². The zero-order valence-corrected chi connectivity index (χ0v) is 12.2. The number of benzene rings is 1. The van der Waals surface area contributed by atoms with Crippen LogP contribution < -0.4 is 5.32 Å². The number of rotatable bonds is 4. The van der Waals surface area contributed by atoms with Crippen LogP contribution >= 0.6 is 0 Å². The van der Waals surface area contributed by atoms with Crippen LogP contribution in [-0.2, 0) is 13.5 Å². The van der Waals surface area contributed by atoms with Crippen LogP contribution in [0.2, 0.25) is 0 Å². The van der Waals surface area contributed by atoms with E-state index in [1.807, 2.05) is 19.3 Å². The molecule has 0 bridgehead atoms. The van der Waals surface area contributed by atoms with Crippen LogP contribution in [0.4, 0.5) is 0 Å². The Morgan fingerprint density at radius 2 is 2.10 bits per heavy atom. The monoisotopic (exact) mass is 268 g/mol. The molecular weight excluding hydrogens is 248 g/mol. The summed E-state index contributed by atoms with van der Waals surface area (Å²) in [6, 6.07) is 8.34. The number of aromatic nitrogens is 3. The second kappa shape index (κ2) is 5.13. The van der Waals surface area contributed by atoms with Crippen molar-refractivity contribution < 1.29 is 0 Å². The van der Waals surface area contributed by atoms with Crippen molar-refractivity contribution in [2.45, 2.75) is 13.3 Å². The summed E-state index contributed by atoms with van der Waals surface area (Å²) in [7, 11) is 4.08. The Morgan fingerprint density at radius 1 is 1.30 bits per heavy atom. The number of aromatic amines is 1. The van der Waals surface area contributed by atoms with E-state index < -0.39 is 0 Å². The highest BCUT2D eigenvalue weighted by Gasteiger charge is 2.15. The van der Waals surface area contributed by atoms with E-state index in [-0.39, 0.29) is 0 Å². The van der Waals surface area contributed by atoms with Crippen LogP contribution in [0.15, 0.2) is 30.5 Å². The van der Waals surface area contributed by atoms with Crippen molar-refractivity contribution in [2.75, 3.05) is 13.6 Å². The Labute approximate surface area is 118 Å². The van der Waals surface area contributed by atoms with Gasteiger partial charge in [0.25, 0.3) is 0 Å². The number of hydrogen-bond acceptors (Lipinski definition) is 2. The Bertz CT molecular complexity index is 736. The van der Waals surface area contributed by atoms with Crippen LogP contribution in [0.1, 0.15) is 11.4 Å². The molecule has 2 N–H and O–H groups in total. The highest BCUT2D eigenvalue weighted by molar-refractivity contribution is 5.93. The third-order valence-corrected chi connectivity index (χ3v) is 3.86. The summed E-state index contributed by atoms with van der Waals surface area (Å²) in [5.74, 6) is 1.03. The molecule has 0 amide bonds. The van der Waals surface area contributed by atoms with E-state index in [0.717, 1.165) is 30.0 Å². The maximum Gasteiger partial charge on any atom is 0.142 e. The summed E-state index contributed by atoms with van der Waals surface area (Å²) in [6.07, 6.45) is 3.04. The minimum atomic E-state index is 0.966. The molecular formula is C16H20N4. The number of fused-ring (bicyclic) bond motifs is 1. The van der Waals surface area contributed by atoms with Gasteiger partial charge < -0.3 is 14.9 Å². The molecule has 20 heavy (non-hydrogen) atoms. The molecule has 0 unspecified atom stereocenters. The highest BCUT2D eigenvalue weighted by atomic mass is 15.1. The third-order valence-electron chi connectivity index (χ3n) is 3.86. The summed E-state index contributed by atoms with van der Waals surface area (Å²) in [4.78, 5) is 8.09. The van der Waals surface area contributed by atoms with Crippen LogP contribution in [-0.4, -0.2) is 28.1 Å². The molecule has 4 nitrogen and oxygen atoms in total. The van der Waals surface area contributed by atoms with Gasteiger partial charge >= 0.3 is 0 Å². The predicted molar refractivity (Wildman–Crippen MR) is 82.9 cm³/mol. The van der Waals surface area contributed by atoms with Crippen molar-refractivity contribution in [2.24, 2.45) is 7.05 Å². The quantitative estimate of drug-likeness (QED) is 0.764. The molecule has 0 atom stereocenters. The molecule has 0 aliphatic rings. The lowest BCUT2D eigenvalue weighted by atomic mass is 10.1. The van der Waals surface area contributed by atoms with E-state index in [2.05, 4.69) is 47.0 Å². The smallest absolute Gasteiger partial charge is 0.142 e. The predicted octanol–water partition coefficient (Wildman–Crippen LogP) is 2.64. The first kappa shape index (κ1) is 12.9. The molecule has 2 heterocycles. The summed E-state index contributed by atoms with van der Waals surface area (Å²) >= 11 is 0. The molecule has 0 radical (unpaired) electrons. The summed E-state index contributed by atoms with van der Waals surface area (Å²) in [5, 5.41) is 4.42. The zero-order chi connectivity index (χ0) is 14.1. The Balaban J connectivity index is 2.10. The number of aryl methyl sites for hydroxylation is 1. The van der Waals surface area contributed by atoms with E-state index in [0.29, 0.717) is 0 Å². The molecule has 0 aliphatic carbocycles. The molecule has 1 aromatic carbocycles. The lowest BCUT2D eigenvalue weighted by Crippen LogP contribution is -2.13. The first-order valence-corrected chi connectivity index (χ1v) is 6.95. The molecule has 2 aromatic heterocycles. The number of nitrogens with zero attached hydrogens (tertiary/aromatic N) is 2. The fraction of sp³-hybridized carbons (Fsp3) is 0.312. The van der Waals surface area contributed by atoms with Gasteiger partial charge in [0.1, 0.15) is 5.82 Å². The largest absolute Gasteiger partial charge is 0.360 e. The normalized spacial score (nSPS) is 11.3. The number of likely N-dealkylation sites (N-methyl/N-ethyl adjacent to an activating group) is 1. The van der Waals surface area contributed by atoms with Crippen molar-refractivity contribution in [1.29, 1.82) is 0 Å². The van der Waals surface area contributed by atoms with E-state index in [1.165, 1.54) is 16.6 Å². The van der Waals surface area contributed by atoms with Crippen molar-refractivity contribution in [3.8, 4) is 11.4 Å². The lowest BCUT2D eigenvalue weighted by molar-refractivity contribution is 0.736. The Morgan fingerprint density at radius 3 is 2.90 bits per heavy atom. The van der Waals surface area contributed by atoms with Gasteiger partial charge in [-0.3, -0.25) is 0 Å². The maximum atomic E-state index is 4.77. The number of imidazole rings is 1. The van der Waals surface area contributed by atoms with Crippen LogP contribution in [0.25, 0.3) is 22.3 Å². The number of para-hydroxylation sites is 1. The van der Waals surface area contributed by atoms with Gasteiger partial charge in [0.05, 0.1) is 5.69 Å². The molecule has 0 saturated heterocycles. The van der Waals surface area contributed by atoms with Crippen molar-refractivity contribution in [3.63, 3.8) is 0 Å². The maximum absolute atomic E-state index is 4.77. The molecule has 3 rings (SSSR count). The van der Waals surface area contributed by atoms with Gasteiger partial charge in [0.2, 0.25) is 0 Å². The topological polar surface area (TPSA) is 45.6 Å². The van der Waals surface area contributed by atoms with Gasteiger partial charge in [-0.05, 0) is 20.0 Å². The number of nitrogens with one attached hydrogen (secondary N) is 2. The third kappa shape index (κ3) is 2.02. The van der Waals surface area contributed by atoms with E-state index in [4.69, 9.17) is 4.98 Å². The zero-order valence-electron chi connectivity index (χ0n) is 12.2. The van der Waals surface area contributed by atoms with Crippen molar-refractivity contribution >= 4 is 10.9 Å². The molecule has 0 saturated carbocycles. The fourth-order valence-electron chi connectivity index (χ4n) is 2.76. The second-order valence-electron chi connectivity index (χ2n) is 5.13. The minimum Gasteiger partial charge on any atom is -0.360 e. The van der Waals surface area contributed by atoms with Crippen LogP contribution in [0, 0.1) is 6.92 Å². The molecule has 0 fully saturated rings. The van der Waals surface area contributed by atoms with Crippen molar-refractivity contribution in [1.82, 2.24) is 19.9 Å². The number of hydrogen-bond donors (Lipinski definition) is 2. The molecule has 3 aromatic rings. The first-order valence-electron chi connectivity index (χ1n) is 6.95. The minimum absolute atomic E-state index is 0.966. The molecule has 0 spiro atoms. The Kier molecular flexibility index (Phi) is 3.32. The van der Waals surface area contributed by atoms with Gasteiger partial charge in [0.15, 0.2) is 0 Å². The van der Waals surface area contributed by atoms with Gasteiger partial charge in [-0.2, -0.15) is 0 Å². The molecule has 4 heteroatoms. The average Bonchev–Trinajstić information content (AvgIpc) is 2.99. The van der Waals surface area contributed by atoms with E-state index in [1.54, 1.807) is 0 Å². The SMILES string of the molecule is CNCCc1c(C)nc(-c2c[nH]c3ccccc23)n1C. The van der Waals surface area contributed by atoms with Gasteiger partial charge in [0, 0.05) is 48.4 Å².